The van der Waals surface area contributed by atoms with Crippen LogP contribution in [0.4, 0.5) is 0 Å². The van der Waals surface area contributed by atoms with Crippen LogP contribution in [0.15, 0.2) is 52.1 Å². The molecule has 0 heterocycles. The van der Waals surface area contributed by atoms with Gasteiger partial charge in [-0.1, -0.05) is 51.6 Å². The molecule has 0 aliphatic rings. The summed E-state index contributed by atoms with van der Waals surface area (Å²) in [7, 11) is 0. The first-order chi connectivity index (χ1) is 15.5. The molecule has 32 heavy (non-hydrogen) atoms. The predicted molar refractivity (Wildman–Crippen MR) is 132 cm³/mol. The topological polar surface area (TPSA) is 49.3 Å². The van der Waals surface area contributed by atoms with Crippen LogP contribution in [0.1, 0.15) is 31.7 Å². The molecule has 0 aromatic heterocycles. The van der Waals surface area contributed by atoms with Gasteiger partial charge in [0, 0.05) is 12.1 Å². The van der Waals surface area contributed by atoms with E-state index in [0.717, 1.165) is 30.6 Å². The van der Waals surface area contributed by atoms with Crippen LogP contribution in [0.3, 0.4) is 0 Å². The summed E-state index contributed by atoms with van der Waals surface area (Å²) < 4.78 is 17.1. The van der Waals surface area contributed by atoms with Gasteiger partial charge < -0.3 is 19.0 Å². The summed E-state index contributed by atoms with van der Waals surface area (Å²) in [5.41, 5.74) is 0.955. The predicted octanol–water partition coefficient (Wildman–Crippen LogP) is 7.69. The Morgan fingerprint density at radius 1 is 0.875 bits per heavy atom. The maximum atomic E-state index is 6.26. The van der Waals surface area contributed by atoms with Crippen molar-refractivity contribution in [3.63, 3.8) is 0 Å². The van der Waals surface area contributed by atoms with Crippen molar-refractivity contribution in [2.45, 2.75) is 26.2 Å². The minimum atomic E-state index is 0.133. The number of benzene rings is 2. The molecule has 0 amide bonds. The molecule has 9 heteroatoms. The van der Waals surface area contributed by atoms with Crippen LogP contribution in [0.2, 0.25) is 10.0 Å². The highest BCUT2D eigenvalue weighted by atomic mass is 35.5. The molecule has 2 aromatic carbocycles. The first-order valence-corrected chi connectivity index (χ1v) is 11.6. The molecule has 0 saturated heterocycles. The molecule has 0 unspecified atom stereocenters. The molecule has 0 aliphatic heterocycles. The average molecular weight is 521 g/mol. The molecule has 0 fully saturated rings. The molecule has 0 atom stereocenters. The average Bonchev–Trinajstić information content (AvgIpc) is 2.75. The summed E-state index contributed by atoms with van der Waals surface area (Å²) in [6.07, 6.45) is 5.89. The zero-order valence-electron chi connectivity index (χ0n) is 17.7. The van der Waals surface area contributed by atoms with Gasteiger partial charge in [-0.25, -0.2) is 0 Å². The van der Waals surface area contributed by atoms with E-state index in [1.165, 1.54) is 6.08 Å². The zero-order valence-corrected chi connectivity index (χ0v) is 20.7. The minimum absolute atomic E-state index is 0.133. The van der Waals surface area contributed by atoms with Crippen LogP contribution in [-0.4, -0.2) is 32.6 Å². The molecule has 5 nitrogen and oxygen atoms in total. The van der Waals surface area contributed by atoms with Gasteiger partial charge in [0.05, 0.1) is 29.5 Å². The van der Waals surface area contributed by atoms with Gasteiger partial charge in [-0.2, -0.15) is 0 Å². The Bertz CT molecular complexity index is 861. The van der Waals surface area contributed by atoms with Crippen molar-refractivity contribution in [2.24, 2.45) is 5.16 Å². The van der Waals surface area contributed by atoms with Crippen LogP contribution < -0.4 is 14.2 Å². The van der Waals surface area contributed by atoms with Gasteiger partial charge in [0.25, 0.3) is 0 Å². The van der Waals surface area contributed by atoms with E-state index in [0.29, 0.717) is 41.4 Å². The van der Waals surface area contributed by atoms with Gasteiger partial charge in [0.1, 0.15) is 29.2 Å². The molecular weight excluding hydrogens is 496 g/mol. The summed E-state index contributed by atoms with van der Waals surface area (Å²) in [6.45, 7) is 3.77. The van der Waals surface area contributed by atoms with E-state index >= 15 is 0 Å². The van der Waals surface area contributed by atoms with E-state index in [4.69, 9.17) is 65.5 Å². The van der Waals surface area contributed by atoms with E-state index in [-0.39, 0.29) is 11.1 Å². The van der Waals surface area contributed by atoms with E-state index < -0.39 is 0 Å². The highest BCUT2D eigenvalue weighted by molar-refractivity contribution is 6.55. The maximum Gasteiger partial charge on any atom is 0.156 e. The Kier molecular flexibility index (Phi) is 12.5. The Morgan fingerprint density at radius 3 is 2.16 bits per heavy atom. The van der Waals surface area contributed by atoms with Gasteiger partial charge in [0.15, 0.2) is 5.75 Å². The van der Waals surface area contributed by atoms with Crippen molar-refractivity contribution < 1.29 is 19.0 Å². The van der Waals surface area contributed by atoms with Crippen molar-refractivity contribution in [3.8, 4) is 17.2 Å². The van der Waals surface area contributed by atoms with E-state index in [2.05, 4.69) is 5.16 Å². The lowest BCUT2D eigenvalue weighted by Crippen LogP contribution is -2.02. The highest BCUT2D eigenvalue weighted by Crippen LogP contribution is 2.37. The quantitative estimate of drug-likeness (QED) is 0.145. The standard InChI is InChI=1S/C23H25Cl4NO4/c1-2-32-28-16-17-6-8-18(9-7-17)29-11-4-3-5-12-31-23-20(24)14-19(15-21(23)25)30-13-10-22(26)27/h6-10,14-16H,2-5,11-13H2,1H3/b28-16+. The van der Waals surface area contributed by atoms with Gasteiger partial charge >= 0.3 is 0 Å². The van der Waals surface area contributed by atoms with Gasteiger partial charge in [-0.3, -0.25) is 0 Å². The number of halogens is 4. The largest absolute Gasteiger partial charge is 0.494 e. The zero-order chi connectivity index (χ0) is 23.2. The number of rotatable bonds is 14. The first-order valence-electron chi connectivity index (χ1n) is 10.1. The lowest BCUT2D eigenvalue weighted by Gasteiger charge is -2.12. The SMILES string of the molecule is CCO/N=C/c1ccc(OCCCCCOc2c(Cl)cc(OCC=C(Cl)Cl)cc2Cl)cc1. The fraction of sp³-hybridized carbons (Fsp3) is 0.348. The minimum Gasteiger partial charge on any atom is -0.494 e. The molecule has 0 aliphatic carbocycles. The monoisotopic (exact) mass is 519 g/mol. The van der Waals surface area contributed by atoms with Crippen molar-refractivity contribution in [3.05, 3.63) is 62.6 Å². The lowest BCUT2D eigenvalue weighted by atomic mass is 10.2. The number of oxime groups is 1. The van der Waals surface area contributed by atoms with E-state index in [1.54, 1.807) is 18.3 Å². The number of ether oxygens (including phenoxy) is 3. The Labute approximate surface area is 208 Å². The number of hydrogen-bond acceptors (Lipinski definition) is 5. The van der Waals surface area contributed by atoms with E-state index in [9.17, 15) is 0 Å². The smallest absolute Gasteiger partial charge is 0.156 e. The molecule has 0 saturated carbocycles. The summed E-state index contributed by atoms with van der Waals surface area (Å²) in [5, 5.41) is 4.60. The molecule has 2 rings (SSSR count). The summed E-state index contributed by atoms with van der Waals surface area (Å²) >= 11 is 23.6. The van der Waals surface area contributed by atoms with Crippen LogP contribution in [0.25, 0.3) is 0 Å². The van der Waals surface area contributed by atoms with Crippen LogP contribution in [-0.2, 0) is 4.84 Å². The number of unbranched alkanes of at least 4 members (excludes halogenated alkanes) is 2. The van der Waals surface area contributed by atoms with Crippen LogP contribution >= 0.6 is 46.4 Å². The highest BCUT2D eigenvalue weighted by Gasteiger charge is 2.10. The third kappa shape index (κ3) is 10.2. The third-order valence-corrected chi connectivity index (χ3v) is 4.92. The second-order valence-electron chi connectivity index (χ2n) is 6.50. The number of hydrogen-bond donors (Lipinski definition) is 0. The van der Waals surface area contributed by atoms with E-state index in [1.807, 2.05) is 31.2 Å². The number of nitrogens with zero attached hydrogens (tertiary/aromatic N) is 1. The Balaban J connectivity index is 1.65. The van der Waals surface area contributed by atoms with Gasteiger partial charge in [0.2, 0.25) is 0 Å². The fourth-order valence-electron chi connectivity index (χ4n) is 2.53. The molecule has 0 N–H and O–H groups in total. The van der Waals surface area contributed by atoms with Crippen molar-refractivity contribution in [1.82, 2.24) is 0 Å². The summed E-state index contributed by atoms with van der Waals surface area (Å²) in [4.78, 5) is 4.94. The molecule has 2 aromatic rings. The normalized spacial score (nSPS) is 10.8. The van der Waals surface area contributed by atoms with Crippen molar-refractivity contribution in [2.75, 3.05) is 26.4 Å². The molecular formula is C23H25Cl4NO4. The second-order valence-corrected chi connectivity index (χ2v) is 8.32. The fourth-order valence-corrected chi connectivity index (χ4v) is 3.23. The molecule has 0 spiro atoms. The van der Waals surface area contributed by atoms with Crippen LogP contribution in [0, 0.1) is 0 Å². The Hall–Kier alpha value is -1.79. The van der Waals surface area contributed by atoms with Gasteiger partial charge in [-0.05, 0) is 62.1 Å². The second kappa shape index (κ2) is 15.1. The molecule has 0 radical (unpaired) electrons. The van der Waals surface area contributed by atoms with Crippen LogP contribution in [0.5, 0.6) is 17.2 Å². The third-order valence-electron chi connectivity index (χ3n) is 4.05. The van der Waals surface area contributed by atoms with Crippen molar-refractivity contribution in [1.29, 1.82) is 0 Å². The summed E-state index contributed by atoms with van der Waals surface area (Å²) in [6, 6.07) is 11.0. The van der Waals surface area contributed by atoms with Gasteiger partial charge in [-0.15, -0.1) is 0 Å². The maximum absolute atomic E-state index is 6.26. The van der Waals surface area contributed by atoms with Crippen molar-refractivity contribution >= 4 is 52.6 Å². The summed E-state index contributed by atoms with van der Waals surface area (Å²) in [5.74, 6) is 1.76. The molecule has 0 bridgehead atoms. The molecule has 174 valence electrons. The lowest BCUT2D eigenvalue weighted by molar-refractivity contribution is 0.160. The first kappa shape index (κ1) is 26.5. The Morgan fingerprint density at radius 2 is 1.53 bits per heavy atom.